The topological polar surface area (TPSA) is 126 Å². The van der Waals surface area contributed by atoms with Crippen molar-refractivity contribution in [2.45, 2.75) is 6.92 Å². The van der Waals surface area contributed by atoms with Crippen LogP contribution in [-0.2, 0) is 10.4 Å². The maximum atomic E-state index is 8.74. The van der Waals surface area contributed by atoms with E-state index in [1.165, 1.54) is 0 Å². The highest BCUT2D eigenvalue weighted by molar-refractivity contribution is 7.79. The standard InChI is InChI=1S/C2H6O.H2O4S.H2O/c1-2-3;1-5(2,3)4;/h3H,2H2,1H3;(H2,1,2,3,4);1H2. The minimum atomic E-state index is -4.67. The van der Waals surface area contributed by atoms with Gasteiger partial charge in [-0.15, -0.1) is 0 Å². The predicted molar refractivity (Wildman–Crippen MR) is 30.6 cm³/mol. The molecule has 0 unspecified atom stereocenters. The van der Waals surface area contributed by atoms with Gasteiger partial charge in [0.2, 0.25) is 0 Å². The molecular weight excluding hydrogens is 152 g/mol. The summed E-state index contributed by atoms with van der Waals surface area (Å²) >= 11 is 0. The largest absolute Gasteiger partial charge is 0.412 e. The molecule has 0 saturated carbocycles. The maximum Gasteiger partial charge on any atom is 0.394 e. The van der Waals surface area contributed by atoms with Gasteiger partial charge < -0.3 is 10.6 Å². The van der Waals surface area contributed by atoms with Gasteiger partial charge in [-0.2, -0.15) is 8.42 Å². The normalized spacial score (nSPS) is 8.44. The molecule has 0 amide bonds. The Balaban J connectivity index is -0.0000000800. The van der Waals surface area contributed by atoms with Gasteiger partial charge in [-0.05, 0) is 6.92 Å². The summed E-state index contributed by atoms with van der Waals surface area (Å²) < 4.78 is 31.6. The van der Waals surface area contributed by atoms with Crippen molar-refractivity contribution >= 4 is 10.4 Å². The average molecular weight is 162 g/mol. The minimum absolute atomic E-state index is 0. The van der Waals surface area contributed by atoms with Crippen LogP contribution in [0.3, 0.4) is 0 Å². The van der Waals surface area contributed by atoms with E-state index in [4.69, 9.17) is 22.6 Å². The summed E-state index contributed by atoms with van der Waals surface area (Å²) in [6.45, 7) is 1.93. The van der Waals surface area contributed by atoms with Crippen molar-refractivity contribution < 1.29 is 28.1 Å². The molecule has 5 N–H and O–H groups in total. The van der Waals surface area contributed by atoms with Crippen LogP contribution in [0.4, 0.5) is 0 Å². The Kier molecular flexibility index (Phi) is 13.8. The van der Waals surface area contributed by atoms with Crippen molar-refractivity contribution in [3.8, 4) is 0 Å². The van der Waals surface area contributed by atoms with Gasteiger partial charge in [0.1, 0.15) is 0 Å². The van der Waals surface area contributed by atoms with Gasteiger partial charge in [-0.1, -0.05) is 0 Å². The van der Waals surface area contributed by atoms with Crippen molar-refractivity contribution in [1.29, 1.82) is 0 Å². The first kappa shape index (κ1) is 15.9. The summed E-state index contributed by atoms with van der Waals surface area (Å²) in [6, 6.07) is 0. The molecule has 0 radical (unpaired) electrons. The molecular formula is C2H10O6S. The van der Waals surface area contributed by atoms with Gasteiger partial charge in [0.05, 0.1) is 0 Å². The lowest BCUT2D eigenvalue weighted by molar-refractivity contribution is 0.318. The zero-order chi connectivity index (χ0) is 7.21. The van der Waals surface area contributed by atoms with Crippen molar-refractivity contribution in [3.63, 3.8) is 0 Å². The number of hydrogen-bond acceptors (Lipinski definition) is 3. The van der Waals surface area contributed by atoms with Gasteiger partial charge in [0.25, 0.3) is 0 Å². The van der Waals surface area contributed by atoms with E-state index in [1.807, 2.05) is 0 Å². The Hall–Kier alpha value is -0.210. The lowest BCUT2D eigenvalue weighted by Gasteiger charge is -1.68. The van der Waals surface area contributed by atoms with Crippen LogP contribution >= 0.6 is 0 Å². The molecule has 0 aromatic rings. The highest BCUT2D eigenvalue weighted by Gasteiger charge is 1.84. The van der Waals surface area contributed by atoms with Crippen molar-refractivity contribution in [2.24, 2.45) is 0 Å². The van der Waals surface area contributed by atoms with Crippen LogP contribution in [0, 0.1) is 0 Å². The molecule has 0 fully saturated rings. The fourth-order valence-corrected chi connectivity index (χ4v) is 0. The van der Waals surface area contributed by atoms with Crippen molar-refractivity contribution in [1.82, 2.24) is 0 Å². The highest BCUT2D eigenvalue weighted by atomic mass is 32.3. The van der Waals surface area contributed by atoms with Crippen LogP contribution in [-0.4, -0.2) is 34.7 Å². The third kappa shape index (κ3) is 5920. The zero-order valence-electron chi connectivity index (χ0n) is 4.77. The summed E-state index contributed by atoms with van der Waals surface area (Å²) in [4.78, 5) is 0. The van der Waals surface area contributed by atoms with Crippen molar-refractivity contribution in [3.05, 3.63) is 0 Å². The van der Waals surface area contributed by atoms with E-state index in [-0.39, 0.29) is 12.1 Å². The number of aliphatic hydroxyl groups is 1. The maximum absolute atomic E-state index is 8.74. The molecule has 0 saturated heterocycles. The van der Waals surface area contributed by atoms with Gasteiger partial charge in [0, 0.05) is 6.61 Å². The molecule has 0 spiro atoms. The zero-order valence-corrected chi connectivity index (χ0v) is 5.59. The second-order valence-corrected chi connectivity index (χ2v) is 1.66. The summed E-state index contributed by atoms with van der Waals surface area (Å²) in [5.41, 5.74) is 0. The third-order valence-corrected chi connectivity index (χ3v) is 0. The molecule has 0 aliphatic carbocycles. The molecule has 0 bridgehead atoms. The van der Waals surface area contributed by atoms with Gasteiger partial charge in [-0.3, -0.25) is 9.11 Å². The molecule has 0 heterocycles. The van der Waals surface area contributed by atoms with E-state index in [0.29, 0.717) is 0 Å². The quantitative estimate of drug-likeness (QED) is 0.374. The summed E-state index contributed by atoms with van der Waals surface area (Å²) in [7, 11) is -4.67. The third-order valence-electron chi connectivity index (χ3n) is 0. The predicted octanol–water partition coefficient (Wildman–Crippen LogP) is -1.48. The molecule has 0 aliphatic heterocycles. The molecule has 7 heteroatoms. The molecule has 0 aromatic carbocycles. The van der Waals surface area contributed by atoms with Crippen molar-refractivity contribution in [2.75, 3.05) is 6.61 Å². The second-order valence-electron chi connectivity index (χ2n) is 0.764. The van der Waals surface area contributed by atoms with E-state index in [1.54, 1.807) is 6.92 Å². The molecule has 0 aliphatic rings. The van der Waals surface area contributed by atoms with Crippen LogP contribution < -0.4 is 0 Å². The first-order chi connectivity index (χ1) is 3.41. The Labute approximate surface area is 53.0 Å². The first-order valence-electron chi connectivity index (χ1n) is 1.72. The average Bonchev–Trinajstić information content (AvgIpc) is 1.27. The van der Waals surface area contributed by atoms with E-state index in [2.05, 4.69) is 0 Å². The van der Waals surface area contributed by atoms with E-state index in [0.717, 1.165) is 0 Å². The first-order valence-corrected chi connectivity index (χ1v) is 3.12. The minimum Gasteiger partial charge on any atom is -0.412 e. The number of aliphatic hydroxyl groups excluding tert-OH is 1. The van der Waals surface area contributed by atoms with E-state index >= 15 is 0 Å². The van der Waals surface area contributed by atoms with E-state index < -0.39 is 10.4 Å². The Morgan fingerprint density at radius 1 is 1.33 bits per heavy atom. The van der Waals surface area contributed by atoms with Crippen LogP contribution in [0.25, 0.3) is 0 Å². The van der Waals surface area contributed by atoms with Gasteiger partial charge in [-0.25, -0.2) is 0 Å². The molecule has 6 nitrogen and oxygen atoms in total. The Bertz CT molecular complexity index is 105. The molecule has 0 rings (SSSR count). The van der Waals surface area contributed by atoms with Crippen LogP contribution in [0.2, 0.25) is 0 Å². The SMILES string of the molecule is CCO.O.O=S(=O)(O)O. The molecule has 0 aromatic heterocycles. The van der Waals surface area contributed by atoms with Crippen LogP contribution in [0.1, 0.15) is 6.92 Å². The smallest absolute Gasteiger partial charge is 0.394 e. The van der Waals surface area contributed by atoms with Crippen LogP contribution in [0.15, 0.2) is 0 Å². The fourth-order valence-electron chi connectivity index (χ4n) is 0. The van der Waals surface area contributed by atoms with Crippen LogP contribution in [0.5, 0.6) is 0 Å². The lowest BCUT2D eigenvalue weighted by atomic mass is 10.9. The summed E-state index contributed by atoms with van der Waals surface area (Å²) in [5, 5.41) is 7.57. The molecule has 60 valence electrons. The summed E-state index contributed by atoms with van der Waals surface area (Å²) in [6.07, 6.45) is 0. The number of hydrogen-bond donors (Lipinski definition) is 3. The summed E-state index contributed by atoms with van der Waals surface area (Å²) in [5.74, 6) is 0. The number of rotatable bonds is 0. The monoisotopic (exact) mass is 162 g/mol. The van der Waals surface area contributed by atoms with E-state index in [9.17, 15) is 0 Å². The highest BCUT2D eigenvalue weighted by Crippen LogP contribution is 1.59. The second kappa shape index (κ2) is 7.79. The van der Waals surface area contributed by atoms with Gasteiger partial charge >= 0.3 is 10.4 Å². The molecule has 0 atom stereocenters. The Morgan fingerprint density at radius 2 is 1.33 bits per heavy atom. The Morgan fingerprint density at radius 3 is 1.33 bits per heavy atom. The fraction of sp³-hybridized carbons (Fsp3) is 1.00. The molecule has 9 heavy (non-hydrogen) atoms. The van der Waals surface area contributed by atoms with Gasteiger partial charge in [0.15, 0.2) is 0 Å². The lowest BCUT2D eigenvalue weighted by Crippen LogP contribution is -1.89.